The zero-order chi connectivity index (χ0) is 20.5. The average molecular weight is 389 g/mol. The minimum Gasteiger partial charge on any atom is -0.496 e. The van der Waals surface area contributed by atoms with E-state index in [1.54, 1.807) is 14.2 Å². The summed E-state index contributed by atoms with van der Waals surface area (Å²) in [6.45, 7) is 8.64. The van der Waals surface area contributed by atoms with Crippen LogP contribution < -0.4 is 10.1 Å². The minimum atomic E-state index is -0.264. The maximum atomic E-state index is 12.1. The lowest BCUT2D eigenvalue weighted by atomic mass is 10.0. The fraction of sp³-hybridized carbons (Fsp3) is 0.524. The van der Waals surface area contributed by atoms with Crippen LogP contribution in [-0.2, 0) is 17.8 Å². The van der Waals surface area contributed by atoms with Gasteiger partial charge in [-0.2, -0.15) is 0 Å². The van der Waals surface area contributed by atoms with Crippen molar-refractivity contribution in [1.29, 1.82) is 0 Å². The van der Waals surface area contributed by atoms with E-state index in [0.29, 0.717) is 38.0 Å². The van der Waals surface area contributed by atoms with Crippen LogP contribution in [0.25, 0.3) is 0 Å². The molecule has 0 bridgehead atoms. The summed E-state index contributed by atoms with van der Waals surface area (Å²) >= 11 is 0. The Labute approximate surface area is 167 Å². The fourth-order valence-corrected chi connectivity index (χ4v) is 2.84. The van der Waals surface area contributed by atoms with E-state index >= 15 is 0 Å². The second kappa shape index (κ2) is 10.8. The standard InChI is InChI=1S/C21H31N3O4/c1-15(2)16(3)24(12-17-8-6-7-9-19(17)27-5)13-20-23-18(14-28-20)21(25)22-10-11-26-4/h6-9,14-16H,10-13H2,1-5H3,(H,22,25). The zero-order valence-electron chi connectivity index (χ0n) is 17.4. The summed E-state index contributed by atoms with van der Waals surface area (Å²) in [6, 6.07) is 8.27. The number of carbonyl (C=O) groups is 1. The Morgan fingerprint density at radius 1 is 1.21 bits per heavy atom. The van der Waals surface area contributed by atoms with Crippen LogP contribution >= 0.6 is 0 Å². The molecule has 0 fully saturated rings. The molecule has 2 rings (SSSR count). The monoisotopic (exact) mass is 389 g/mol. The van der Waals surface area contributed by atoms with Gasteiger partial charge in [0.2, 0.25) is 5.89 Å². The van der Waals surface area contributed by atoms with Gasteiger partial charge in [0.25, 0.3) is 5.91 Å². The lowest BCUT2D eigenvalue weighted by Gasteiger charge is -2.31. The predicted octanol–water partition coefficient (Wildman–Crippen LogP) is 3.11. The number of hydrogen-bond acceptors (Lipinski definition) is 6. The smallest absolute Gasteiger partial charge is 0.273 e. The van der Waals surface area contributed by atoms with Gasteiger partial charge in [-0.15, -0.1) is 0 Å². The molecule has 0 aliphatic heterocycles. The normalized spacial score (nSPS) is 12.4. The Balaban J connectivity index is 2.12. The van der Waals surface area contributed by atoms with Crippen molar-refractivity contribution in [2.24, 2.45) is 5.92 Å². The first-order chi connectivity index (χ1) is 13.5. The molecule has 0 aliphatic rings. The summed E-state index contributed by atoms with van der Waals surface area (Å²) in [5, 5.41) is 2.75. The fourth-order valence-electron chi connectivity index (χ4n) is 2.84. The van der Waals surface area contributed by atoms with E-state index in [1.807, 2.05) is 18.2 Å². The maximum absolute atomic E-state index is 12.1. The van der Waals surface area contributed by atoms with Gasteiger partial charge in [-0.3, -0.25) is 9.69 Å². The first-order valence-corrected chi connectivity index (χ1v) is 9.53. The first kappa shape index (κ1) is 21.9. The molecule has 0 saturated heterocycles. The summed E-state index contributed by atoms with van der Waals surface area (Å²) in [4.78, 5) is 18.8. The number of carbonyl (C=O) groups excluding carboxylic acids is 1. The van der Waals surface area contributed by atoms with Crippen molar-refractivity contribution in [2.45, 2.75) is 39.9 Å². The number of nitrogens with zero attached hydrogens (tertiary/aromatic N) is 2. The SMILES string of the molecule is COCCNC(=O)c1coc(CN(Cc2ccccc2OC)C(C)C(C)C)n1. The molecule has 1 heterocycles. The number of methoxy groups -OCH3 is 2. The molecule has 2 aromatic rings. The average Bonchev–Trinajstić information content (AvgIpc) is 3.16. The van der Waals surface area contributed by atoms with Crippen LogP contribution in [0.1, 0.15) is 42.7 Å². The van der Waals surface area contributed by atoms with Gasteiger partial charge in [0.1, 0.15) is 12.0 Å². The highest BCUT2D eigenvalue weighted by atomic mass is 16.5. The van der Waals surface area contributed by atoms with E-state index in [2.05, 4.69) is 42.0 Å². The molecule has 1 atom stereocenters. The molecule has 7 heteroatoms. The van der Waals surface area contributed by atoms with Crippen LogP contribution in [0.15, 0.2) is 34.9 Å². The van der Waals surface area contributed by atoms with Crippen molar-refractivity contribution in [3.05, 3.63) is 47.7 Å². The Morgan fingerprint density at radius 2 is 1.96 bits per heavy atom. The van der Waals surface area contributed by atoms with E-state index in [9.17, 15) is 4.79 Å². The minimum absolute atomic E-state index is 0.264. The quantitative estimate of drug-likeness (QED) is 0.595. The number of nitrogens with one attached hydrogen (secondary N) is 1. The van der Waals surface area contributed by atoms with Gasteiger partial charge in [-0.1, -0.05) is 32.0 Å². The van der Waals surface area contributed by atoms with E-state index in [1.165, 1.54) is 6.26 Å². The summed E-state index contributed by atoms with van der Waals surface area (Å²) in [5.41, 5.74) is 1.38. The van der Waals surface area contributed by atoms with E-state index in [0.717, 1.165) is 11.3 Å². The molecule has 0 aliphatic carbocycles. The Morgan fingerprint density at radius 3 is 2.64 bits per heavy atom. The molecule has 1 aromatic heterocycles. The zero-order valence-corrected chi connectivity index (χ0v) is 17.4. The van der Waals surface area contributed by atoms with Crippen LogP contribution in [0.2, 0.25) is 0 Å². The maximum Gasteiger partial charge on any atom is 0.273 e. The summed E-state index contributed by atoms with van der Waals surface area (Å²) in [7, 11) is 3.27. The van der Waals surface area contributed by atoms with Gasteiger partial charge in [-0.05, 0) is 18.9 Å². The largest absolute Gasteiger partial charge is 0.496 e. The molecule has 1 unspecified atom stereocenters. The van der Waals surface area contributed by atoms with Crippen molar-refractivity contribution in [3.63, 3.8) is 0 Å². The van der Waals surface area contributed by atoms with Crippen molar-refractivity contribution >= 4 is 5.91 Å². The molecule has 0 saturated carbocycles. The number of amides is 1. The van der Waals surface area contributed by atoms with Crippen LogP contribution in [0.5, 0.6) is 5.75 Å². The third-order valence-electron chi connectivity index (χ3n) is 4.82. The molecule has 0 spiro atoms. The molecule has 1 N–H and O–H groups in total. The number of benzene rings is 1. The van der Waals surface area contributed by atoms with Gasteiger partial charge in [0.05, 0.1) is 20.3 Å². The van der Waals surface area contributed by atoms with Gasteiger partial charge in [-0.25, -0.2) is 4.98 Å². The molecule has 1 amide bonds. The number of oxazole rings is 1. The Bertz CT molecular complexity index is 745. The third-order valence-corrected chi connectivity index (χ3v) is 4.82. The highest BCUT2D eigenvalue weighted by molar-refractivity contribution is 5.91. The number of rotatable bonds is 11. The van der Waals surface area contributed by atoms with Crippen molar-refractivity contribution in [3.8, 4) is 5.75 Å². The second-order valence-electron chi connectivity index (χ2n) is 7.08. The lowest BCUT2D eigenvalue weighted by Crippen LogP contribution is -2.36. The lowest BCUT2D eigenvalue weighted by molar-refractivity contribution is 0.0932. The molecule has 0 radical (unpaired) electrons. The van der Waals surface area contributed by atoms with Crippen LogP contribution in [0.3, 0.4) is 0 Å². The van der Waals surface area contributed by atoms with Crippen LogP contribution in [-0.4, -0.2) is 49.2 Å². The van der Waals surface area contributed by atoms with Crippen LogP contribution in [0, 0.1) is 5.92 Å². The molecule has 154 valence electrons. The van der Waals surface area contributed by atoms with Crippen molar-refractivity contribution in [2.75, 3.05) is 27.4 Å². The van der Waals surface area contributed by atoms with Crippen molar-refractivity contribution < 1.29 is 18.7 Å². The summed E-state index contributed by atoms with van der Waals surface area (Å²) in [6.07, 6.45) is 1.40. The molecule has 7 nitrogen and oxygen atoms in total. The third kappa shape index (κ3) is 6.07. The second-order valence-corrected chi connectivity index (χ2v) is 7.08. The van der Waals surface area contributed by atoms with Crippen molar-refractivity contribution in [1.82, 2.24) is 15.2 Å². The highest BCUT2D eigenvalue weighted by Gasteiger charge is 2.22. The molecular formula is C21H31N3O4. The Hall–Kier alpha value is -2.38. The first-order valence-electron chi connectivity index (χ1n) is 9.53. The van der Waals surface area contributed by atoms with Gasteiger partial charge >= 0.3 is 0 Å². The van der Waals surface area contributed by atoms with Gasteiger partial charge in [0, 0.05) is 31.8 Å². The van der Waals surface area contributed by atoms with Crippen LogP contribution in [0.4, 0.5) is 0 Å². The van der Waals surface area contributed by atoms with Gasteiger partial charge in [0.15, 0.2) is 5.69 Å². The summed E-state index contributed by atoms with van der Waals surface area (Å²) in [5.74, 6) is 1.55. The van der Waals surface area contributed by atoms with E-state index < -0.39 is 0 Å². The number of hydrogen-bond donors (Lipinski definition) is 1. The molecular weight excluding hydrogens is 358 g/mol. The van der Waals surface area contributed by atoms with E-state index in [4.69, 9.17) is 13.9 Å². The molecule has 1 aromatic carbocycles. The molecule has 28 heavy (non-hydrogen) atoms. The van der Waals surface area contributed by atoms with Gasteiger partial charge < -0.3 is 19.2 Å². The Kier molecular flexibility index (Phi) is 8.47. The number of aromatic nitrogens is 1. The predicted molar refractivity (Wildman–Crippen MR) is 107 cm³/mol. The number of para-hydroxylation sites is 1. The summed E-state index contributed by atoms with van der Waals surface area (Å²) < 4.78 is 16.0. The number of ether oxygens (including phenoxy) is 2. The highest BCUT2D eigenvalue weighted by Crippen LogP contribution is 2.23. The van der Waals surface area contributed by atoms with E-state index in [-0.39, 0.29) is 17.6 Å². The topological polar surface area (TPSA) is 76.8 Å².